The molecule has 1 amide bonds. The van der Waals surface area contributed by atoms with Crippen LogP contribution in [0.3, 0.4) is 0 Å². The Hall–Kier alpha value is -1.43. The molecule has 0 atom stereocenters. The molecule has 0 spiro atoms. The number of aromatic nitrogens is 1. The van der Waals surface area contributed by atoms with E-state index in [9.17, 15) is 4.79 Å². The summed E-state index contributed by atoms with van der Waals surface area (Å²) < 4.78 is 0. The molecule has 1 saturated heterocycles. The highest BCUT2D eigenvalue weighted by Gasteiger charge is 2.18. The largest absolute Gasteiger partial charge is 0.347 e. The van der Waals surface area contributed by atoms with Crippen LogP contribution >= 0.6 is 22.9 Å². The normalized spacial score (nSPS) is 15.4. The lowest BCUT2D eigenvalue weighted by molar-refractivity contribution is 0.0954. The molecule has 2 aromatic rings. The third-order valence-corrected chi connectivity index (χ3v) is 5.76. The summed E-state index contributed by atoms with van der Waals surface area (Å²) in [6, 6.07) is 7.55. The SMILES string of the molecule is Cc1nc(CN2CCCCC2)sc1C(=O)NCc1ccccc1Cl. The number of likely N-dealkylation sites (tertiary alicyclic amines) is 1. The van der Waals surface area contributed by atoms with E-state index in [2.05, 4.69) is 15.2 Å². The smallest absolute Gasteiger partial charge is 0.263 e. The average molecular weight is 364 g/mol. The summed E-state index contributed by atoms with van der Waals surface area (Å²) in [5, 5.41) is 4.64. The summed E-state index contributed by atoms with van der Waals surface area (Å²) in [5.74, 6) is -0.0742. The maximum absolute atomic E-state index is 12.5. The number of amides is 1. The first-order chi connectivity index (χ1) is 11.6. The van der Waals surface area contributed by atoms with Crippen molar-refractivity contribution in [1.82, 2.24) is 15.2 Å². The molecule has 1 aromatic carbocycles. The predicted octanol–water partition coefficient (Wildman–Crippen LogP) is 4.02. The lowest BCUT2D eigenvalue weighted by Gasteiger charge is -2.25. The third kappa shape index (κ3) is 4.35. The van der Waals surface area contributed by atoms with E-state index in [1.54, 1.807) is 0 Å². The van der Waals surface area contributed by atoms with Crippen molar-refractivity contribution in [1.29, 1.82) is 0 Å². The number of carbonyl (C=O) groups is 1. The molecular formula is C18H22ClN3OS. The molecule has 1 N–H and O–H groups in total. The zero-order valence-corrected chi connectivity index (χ0v) is 15.4. The van der Waals surface area contributed by atoms with E-state index in [0.717, 1.165) is 35.9 Å². The van der Waals surface area contributed by atoms with Crippen LogP contribution in [0.4, 0.5) is 0 Å². The standard InChI is InChI=1S/C18H22ClN3OS/c1-13-17(18(23)20-11-14-7-3-4-8-15(14)19)24-16(21-13)12-22-9-5-2-6-10-22/h3-4,7-8H,2,5-6,9-12H2,1H3,(H,20,23). The minimum atomic E-state index is -0.0742. The van der Waals surface area contributed by atoms with E-state index in [1.807, 2.05) is 31.2 Å². The fraction of sp³-hybridized carbons (Fsp3) is 0.444. The lowest BCUT2D eigenvalue weighted by atomic mass is 10.1. The van der Waals surface area contributed by atoms with Crippen molar-refractivity contribution in [2.45, 2.75) is 39.3 Å². The fourth-order valence-electron chi connectivity index (χ4n) is 2.94. The summed E-state index contributed by atoms with van der Waals surface area (Å²) in [6.07, 6.45) is 3.84. The Bertz CT molecular complexity index is 710. The molecule has 2 heterocycles. The number of thiazole rings is 1. The number of piperidine rings is 1. The van der Waals surface area contributed by atoms with Crippen molar-refractivity contribution in [2.75, 3.05) is 13.1 Å². The molecule has 6 heteroatoms. The van der Waals surface area contributed by atoms with Gasteiger partial charge in [0.2, 0.25) is 0 Å². The second kappa shape index (κ2) is 8.10. The van der Waals surface area contributed by atoms with Gasteiger partial charge >= 0.3 is 0 Å². The van der Waals surface area contributed by atoms with Crippen LogP contribution in [0.1, 0.15) is 45.2 Å². The molecule has 0 radical (unpaired) electrons. The number of hydrogen-bond acceptors (Lipinski definition) is 4. The molecule has 128 valence electrons. The van der Waals surface area contributed by atoms with Crippen molar-refractivity contribution in [3.8, 4) is 0 Å². The van der Waals surface area contributed by atoms with Crippen molar-refractivity contribution in [3.05, 3.63) is 50.4 Å². The third-order valence-electron chi connectivity index (χ3n) is 4.25. The summed E-state index contributed by atoms with van der Waals surface area (Å²) in [7, 11) is 0. The van der Waals surface area contributed by atoms with Gasteiger partial charge in [-0.3, -0.25) is 9.69 Å². The monoisotopic (exact) mass is 363 g/mol. The highest BCUT2D eigenvalue weighted by Crippen LogP contribution is 2.22. The molecule has 1 aliphatic heterocycles. The Morgan fingerprint density at radius 1 is 1.29 bits per heavy atom. The first-order valence-electron chi connectivity index (χ1n) is 8.34. The molecule has 0 unspecified atom stereocenters. The van der Waals surface area contributed by atoms with Crippen molar-refractivity contribution < 1.29 is 4.79 Å². The molecule has 0 saturated carbocycles. The predicted molar refractivity (Wildman–Crippen MR) is 98.6 cm³/mol. The van der Waals surface area contributed by atoms with E-state index >= 15 is 0 Å². The Labute approximate surface area is 151 Å². The second-order valence-electron chi connectivity index (χ2n) is 6.13. The molecule has 1 aromatic heterocycles. The number of halogens is 1. The van der Waals surface area contributed by atoms with Crippen molar-refractivity contribution >= 4 is 28.8 Å². The van der Waals surface area contributed by atoms with Crippen LogP contribution in [-0.4, -0.2) is 28.9 Å². The van der Waals surface area contributed by atoms with Gasteiger partial charge in [0.1, 0.15) is 9.88 Å². The first kappa shape index (κ1) is 17.4. The molecule has 24 heavy (non-hydrogen) atoms. The average Bonchev–Trinajstić information content (AvgIpc) is 2.95. The number of nitrogens with one attached hydrogen (secondary N) is 1. The van der Waals surface area contributed by atoms with Gasteiger partial charge in [0, 0.05) is 11.6 Å². The number of aryl methyl sites for hydroxylation is 1. The Morgan fingerprint density at radius 3 is 2.79 bits per heavy atom. The highest BCUT2D eigenvalue weighted by atomic mass is 35.5. The minimum Gasteiger partial charge on any atom is -0.347 e. The number of hydrogen-bond donors (Lipinski definition) is 1. The van der Waals surface area contributed by atoms with Gasteiger partial charge in [0.15, 0.2) is 0 Å². The summed E-state index contributed by atoms with van der Waals surface area (Å²) in [4.78, 5) is 20.2. The van der Waals surface area contributed by atoms with Gasteiger partial charge in [0.05, 0.1) is 12.2 Å². The van der Waals surface area contributed by atoms with Gasteiger partial charge in [-0.25, -0.2) is 4.98 Å². The van der Waals surface area contributed by atoms with Crippen molar-refractivity contribution in [3.63, 3.8) is 0 Å². The molecule has 0 aliphatic carbocycles. The van der Waals surface area contributed by atoms with Crippen LogP contribution in [0.25, 0.3) is 0 Å². The molecule has 3 rings (SSSR count). The summed E-state index contributed by atoms with van der Waals surface area (Å²) >= 11 is 7.63. The maximum atomic E-state index is 12.5. The zero-order valence-electron chi connectivity index (χ0n) is 13.8. The number of benzene rings is 1. The van der Waals surface area contributed by atoms with Gasteiger partial charge < -0.3 is 5.32 Å². The molecular weight excluding hydrogens is 342 g/mol. The van der Waals surface area contributed by atoms with E-state index in [0.29, 0.717) is 16.4 Å². The van der Waals surface area contributed by atoms with Gasteiger partial charge in [-0.1, -0.05) is 36.2 Å². The molecule has 1 fully saturated rings. The van der Waals surface area contributed by atoms with Crippen molar-refractivity contribution in [2.24, 2.45) is 0 Å². The van der Waals surface area contributed by atoms with E-state index < -0.39 is 0 Å². The molecule has 0 bridgehead atoms. The fourth-order valence-corrected chi connectivity index (χ4v) is 4.16. The summed E-state index contributed by atoms with van der Waals surface area (Å²) in [6.45, 7) is 5.44. The quantitative estimate of drug-likeness (QED) is 0.872. The topological polar surface area (TPSA) is 45.2 Å². The second-order valence-corrected chi connectivity index (χ2v) is 7.62. The Morgan fingerprint density at radius 2 is 2.04 bits per heavy atom. The summed E-state index contributed by atoms with van der Waals surface area (Å²) in [5.41, 5.74) is 1.73. The van der Waals surface area contributed by atoms with Crippen LogP contribution in [0.5, 0.6) is 0 Å². The van der Waals surface area contributed by atoms with Crippen LogP contribution in [0.15, 0.2) is 24.3 Å². The van der Waals surface area contributed by atoms with E-state index in [4.69, 9.17) is 11.6 Å². The first-order valence-corrected chi connectivity index (χ1v) is 9.53. The van der Waals surface area contributed by atoms with Crippen LogP contribution in [-0.2, 0) is 13.1 Å². The number of rotatable bonds is 5. The van der Waals surface area contributed by atoms with E-state index in [1.165, 1.54) is 30.6 Å². The van der Waals surface area contributed by atoms with Gasteiger partial charge in [-0.2, -0.15) is 0 Å². The Balaban J connectivity index is 1.61. The van der Waals surface area contributed by atoms with Crippen LogP contribution in [0, 0.1) is 6.92 Å². The maximum Gasteiger partial charge on any atom is 0.263 e. The highest BCUT2D eigenvalue weighted by molar-refractivity contribution is 7.13. The Kier molecular flexibility index (Phi) is 5.87. The lowest BCUT2D eigenvalue weighted by Crippen LogP contribution is -2.29. The number of carbonyl (C=O) groups excluding carboxylic acids is 1. The van der Waals surface area contributed by atoms with Gasteiger partial charge in [-0.15, -0.1) is 11.3 Å². The molecule has 4 nitrogen and oxygen atoms in total. The zero-order chi connectivity index (χ0) is 16.9. The number of nitrogens with zero attached hydrogens (tertiary/aromatic N) is 2. The van der Waals surface area contributed by atoms with E-state index in [-0.39, 0.29) is 5.91 Å². The van der Waals surface area contributed by atoms with Gasteiger partial charge in [-0.05, 0) is 44.5 Å². The molecule has 1 aliphatic rings. The minimum absolute atomic E-state index is 0.0742. The van der Waals surface area contributed by atoms with Gasteiger partial charge in [0.25, 0.3) is 5.91 Å². The van der Waals surface area contributed by atoms with Crippen LogP contribution in [0.2, 0.25) is 5.02 Å². The van der Waals surface area contributed by atoms with Crippen LogP contribution < -0.4 is 5.32 Å².